The zero-order valence-electron chi connectivity index (χ0n) is 11.8. The number of ether oxygens (including phenoxy) is 1. The predicted molar refractivity (Wildman–Crippen MR) is 71.1 cm³/mol. The van der Waals surface area contributed by atoms with Gasteiger partial charge in [0.15, 0.2) is 0 Å². The van der Waals surface area contributed by atoms with Gasteiger partial charge in [-0.1, -0.05) is 0 Å². The number of hydrogen-bond donors (Lipinski definition) is 1. The van der Waals surface area contributed by atoms with Crippen molar-refractivity contribution in [3.05, 3.63) is 29.6 Å². The molecule has 0 saturated carbocycles. The van der Waals surface area contributed by atoms with Crippen LogP contribution in [0.5, 0.6) is 0 Å². The Balaban J connectivity index is 2.49. The smallest absolute Gasteiger partial charge is 0.323 e. The van der Waals surface area contributed by atoms with Crippen LogP contribution in [-0.2, 0) is 16.1 Å². The van der Waals surface area contributed by atoms with Crippen molar-refractivity contribution in [2.75, 3.05) is 0 Å². The molecular weight excluding hydrogens is 228 g/mol. The van der Waals surface area contributed by atoms with Gasteiger partial charge >= 0.3 is 5.97 Å². The minimum atomic E-state index is -0.445. The van der Waals surface area contributed by atoms with Gasteiger partial charge in [-0.05, 0) is 51.8 Å². The van der Waals surface area contributed by atoms with Crippen LogP contribution >= 0.6 is 0 Å². The maximum atomic E-state index is 11.8. The fourth-order valence-corrected chi connectivity index (χ4v) is 1.44. The summed E-state index contributed by atoms with van der Waals surface area (Å²) in [5.74, 6) is -0.228. The first-order valence-electron chi connectivity index (χ1n) is 6.15. The van der Waals surface area contributed by atoms with Crippen LogP contribution in [0.25, 0.3) is 0 Å². The van der Waals surface area contributed by atoms with Crippen LogP contribution in [0.3, 0.4) is 0 Å². The lowest BCUT2D eigenvalue weighted by molar-refractivity contribution is -0.157. The summed E-state index contributed by atoms with van der Waals surface area (Å²) in [7, 11) is 0. The molecule has 0 aliphatic heterocycles. The molecule has 1 aromatic rings. The summed E-state index contributed by atoms with van der Waals surface area (Å²) in [6.07, 6.45) is 3.57. The molecule has 0 radical (unpaired) electrons. The number of carbonyl (C=O) groups is 1. The van der Waals surface area contributed by atoms with Crippen molar-refractivity contribution in [3.8, 4) is 0 Å². The van der Waals surface area contributed by atoms with Crippen LogP contribution in [0.15, 0.2) is 18.5 Å². The first-order valence-corrected chi connectivity index (χ1v) is 6.15. The summed E-state index contributed by atoms with van der Waals surface area (Å²) in [6, 6.07) is 1.63. The van der Waals surface area contributed by atoms with E-state index in [1.54, 1.807) is 6.20 Å². The molecule has 0 aromatic carbocycles. The van der Waals surface area contributed by atoms with E-state index in [0.717, 1.165) is 11.1 Å². The van der Waals surface area contributed by atoms with E-state index in [4.69, 9.17) is 4.74 Å². The molecule has 1 N–H and O–H groups in total. The van der Waals surface area contributed by atoms with Gasteiger partial charge in [0.2, 0.25) is 0 Å². The predicted octanol–water partition coefficient (Wildman–Crippen LogP) is 2.21. The van der Waals surface area contributed by atoms with Crippen molar-refractivity contribution in [2.45, 2.75) is 52.8 Å². The molecule has 0 saturated heterocycles. The lowest BCUT2D eigenvalue weighted by atomic mass is 10.1. The molecule has 0 spiro atoms. The molecule has 0 aliphatic rings. The average Bonchev–Trinajstić information content (AvgIpc) is 2.25. The molecule has 0 aliphatic carbocycles. The van der Waals surface area contributed by atoms with Crippen molar-refractivity contribution in [3.63, 3.8) is 0 Å². The number of pyridine rings is 1. The first kappa shape index (κ1) is 14.6. The first-order chi connectivity index (χ1) is 8.29. The third kappa shape index (κ3) is 4.84. The van der Waals surface area contributed by atoms with Crippen molar-refractivity contribution >= 4 is 5.97 Å². The SMILES string of the molecule is Cc1cnccc1CNC(C)C(=O)OC(C)(C)C. The molecule has 100 valence electrons. The van der Waals surface area contributed by atoms with Gasteiger partial charge < -0.3 is 10.1 Å². The number of rotatable bonds is 4. The number of nitrogens with one attached hydrogen (secondary N) is 1. The van der Waals surface area contributed by atoms with Gasteiger partial charge in [0, 0.05) is 18.9 Å². The number of esters is 1. The van der Waals surface area contributed by atoms with Crippen molar-refractivity contribution in [1.82, 2.24) is 10.3 Å². The van der Waals surface area contributed by atoms with E-state index < -0.39 is 5.60 Å². The molecule has 4 heteroatoms. The van der Waals surface area contributed by atoms with Gasteiger partial charge in [-0.2, -0.15) is 0 Å². The molecule has 4 nitrogen and oxygen atoms in total. The zero-order valence-corrected chi connectivity index (χ0v) is 11.8. The van der Waals surface area contributed by atoms with Crippen LogP contribution in [0.1, 0.15) is 38.8 Å². The van der Waals surface area contributed by atoms with Crippen molar-refractivity contribution < 1.29 is 9.53 Å². The second-order valence-electron chi connectivity index (χ2n) is 5.44. The van der Waals surface area contributed by atoms with Crippen LogP contribution < -0.4 is 5.32 Å². The van der Waals surface area contributed by atoms with E-state index in [1.165, 1.54) is 0 Å². The summed E-state index contributed by atoms with van der Waals surface area (Å²) in [4.78, 5) is 15.8. The van der Waals surface area contributed by atoms with Gasteiger partial charge in [-0.15, -0.1) is 0 Å². The molecule has 0 bridgehead atoms. The maximum absolute atomic E-state index is 11.8. The molecule has 1 rings (SSSR count). The Morgan fingerprint density at radius 3 is 2.72 bits per heavy atom. The summed E-state index contributed by atoms with van der Waals surface area (Å²) in [5, 5.41) is 3.16. The Bertz CT molecular complexity index is 411. The summed E-state index contributed by atoms with van der Waals surface area (Å²) >= 11 is 0. The summed E-state index contributed by atoms with van der Waals surface area (Å²) in [5.41, 5.74) is 1.81. The highest BCUT2D eigenvalue weighted by atomic mass is 16.6. The third-order valence-corrected chi connectivity index (χ3v) is 2.50. The summed E-state index contributed by atoms with van der Waals surface area (Å²) < 4.78 is 5.30. The maximum Gasteiger partial charge on any atom is 0.323 e. The van der Waals surface area contributed by atoms with Gasteiger partial charge in [-0.25, -0.2) is 0 Å². The molecule has 1 aromatic heterocycles. The Labute approximate surface area is 109 Å². The quantitative estimate of drug-likeness (QED) is 0.832. The summed E-state index contributed by atoms with van der Waals surface area (Å²) in [6.45, 7) is 10.0. The Kier molecular flexibility index (Phi) is 4.84. The lowest BCUT2D eigenvalue weighted by Gasteiger charge is -2.22. The van der Waals surface area contributed by atoms with E-state index in [2.05, 4.69) is 10.3 Å². The minimum Gasteiger partial charge on any atom is -0.459 e. The van der Waals surface area contributed by atoms with Crippen LogP contribution in [0, 0.1) is 6.92 Å². The Hall–Kier alpha value is -1.42. The molecule has 1 atom stereocenters. The molecule has 0 fully saturated rings. The van der Waals surface area contributed by atoms with E-state index in [0.29, 0.717) is 6.54 Å². The van der Waals surface area contributed by atoms with E-state index in [-0.39, 0.29) is 12.0 Å². The Morgan fingerprint density at radius 2 is 2.17 bits per heavy atom. The number of carbonyl (C=O) groups excluding carboxylic acids is 1. The highest BCUT2D eigenvalue weighted by Crippen LogP contribution is 2.09. The van der Waals surface area contributed by atoms with Crippen LogP contribution in [0.4, 0.5) is 0 Å². The highest BCUT2D eigenvalue weighted by Gasteiger charge is 2.21. The number of aromatic nitrogens is 1. The van der Waals surface area contributed by atoms with Crippen LogP contribution in [0.2, 0.25) is 0 Å². The zero-order chi connectivity index (χ0) is 13.8. The highest BCUT2D eigenvalue weighted by molar-refractivity contribution is 5.75. The van der Waals surface area contributed by atoms with Crippen LogP contribution in [-0.4, -0.2) is 22.6 Å². The van der Waals surface area contributed by atoms with Gasteiger partial charge in [0.05, 0.1) is 0 Å². The third-order valence-electron chi connectivity index (χ3n) is 2.50. The molecule has 1 heterocycles. The fourth-order valence-electron chi connectivity index (χ4n) is 1.44. The van der Waals surface area contributed by atoms with E-state index >= 15 is 0 Å². The van der Waals surface area contributed by atoms with Crippen molar-refractivity contribution in [1.29, 1.82) is 0 Å². The molecule has 0 amide bonds. The largest absolute Gasteiger partial charge is 0.459 e. The lowest BCUT2D eigenvalue weighted by Crippen LogP contribution is -2.38. The second kappa shape index (κ2) is 5.96. The minimum absolute atomic E-state index is 0.228. The molecule has 18 heavy (non-hydrogen) atoms. The van der Waals surface area contributed by atoms with Crippen molar-refractivity contribution in [2.24, 2.45) is 0 Å². The fraction of sp³-hybridized carbons (Fsp3) is 0.571. The number of hydrogen-bond acceptors (Lipinski definition) is 4. The topological polar surface area (TPSA) is 51.2 Å². The van der Waals surface area contributed by atoms with Gasteiger partial charge in [0.25, 0.3) is 0 Å². The van der Waals surface area contributed by atoms with Gasteiger partial charge in [0.1, 0.15) is 11.6 Å². The van der Waals surface area contributed by atoms with E-state index in [1.807, 2.05) is 46.9 Å². The Morgan fingerprint density at radius 1 is 1.50 bits per heavy atom. The van der Waals surface area contributed by atoms with Gasteiger partial charge in [-0.3, -0.25) is 9.78 Å². The average molecular weight is 250 g/mol. The standard InChI is InChI=1S/C14H22N2O2/c1-10-8-15-7-6-12(10)9-16-11(2)13(17)18-14(3,4)5/h6-8,11,16H,9H2,1-5H3. The van der Waals surface area contributed by atoms with E-state index in [9.17, 15) is 4.79 Å². The monoisotopic (exact) mass is 250 g/mol. The normalized spacial score (nSPS) is 13.2. The number of aryl methyl sites for hydroxylation is 1. The second-order valence-corrected chi connectivity index (χ2v) is 5.44. The number of nitrogens with zero attached hydrogens (tertiary/aromatic N) is 1. The molecular formula is C14H22N2O2. The molecule has 1 unspecified atom stereocenters.